The predicted octanol–water partition coefficient (Wildman–Crippen LogP) is 12.6. The molecule has 0 spiro atoms. The highest BCUT2D eigenvalue weighted by atomic mass is 16.6. The zero-order chi connectivity index (χ0) is 76.7. The summed E-state index contributed by atoms with van der Waals surface area (Å²) >= 11 is 0. The fourth-order valence-electron chi connectivity index (χ4n) is 13.4. The molecule has 0 aromatic heterocycles. The second-order valence-corrected chi connectivity index (χ2v) is 31.8. The third kappa shape index (κ3) is 23.4. The summed E-state index contributed by atoms with van der Waals surface area (Å²) < 4.78 is 76.4. The number of rotatable bonds is 46. The maximum absolute atomic E-state index is 11.8. The van der Waals surface area contributed by atoms with Crippen molar-refractivity contribution < 1.29 is 82.0 Å². The van der Waals surface area contributed by atoms with Crippen molar-refractivity contribution in [3.63, 3.8) is 0 Å². The van der Waals surface area contributed by atoms with E-state index in [0.29, 0.717) is 49.4 Å². The van der Waals surface area contributed by atoms with E-state index in [0.717, 1.165) is 93.9 Å². The first kappa shape index (κ1) is 80.2. The Kier molecular flexibility index (Phi) is 27.0. The summed E-state index contributed by atoms with van der Waals surface area (Å²) in [6.45, 7) is 27.6. The van der Waals surface area contributed by atoms with Crippen LogP contribution in [0.5, 0.6) is 46.0 Å². The molecule has 19 heteroatoms. The average molecular weight is 1490 g/mol. The molecule has 4 aliphatic heterocycles. The van der Waals surface area contributed by atoms with Crippen LogP contribution in [0.3, 0.4) is 0 Å². The molecule has 0 aliphatic carbocycles. The molecule has 584 valence electrons. The number of hydrogen-bond donors (Lipinski definition) is 4. The second kappa shape index (κ2) is 36.7. The van der Waals surface area contributed by atoms with E-state index in [9.17, 15) is 20.4 Å². The van der Waals surface area contributed by atoms with Crippen molar-refractivity contribution in [1.29, 1.82) is 0 Å². The standard InChI is InChI=1S/C90H112N2O17/c1-61(91(43-71(93)49-98-75-27-11-63(12-28-75)87(3,4)67-19-35-79(36-20-67)102-53-83-57-106-83)44-72(94)50-99-76-29-13-64(14-30-76)88(5,6)68-21-37-80(38-22-68)103-54-84-58-107-84)47-97-48-62(2)92(45-73(95)51-100-77-31-15-65(16-32-77)89(7,8)69-23-39-81(40-24-69)104-55-85-59-108-85)46-74(96)52-101-78-33-17-66(18-34-78)90(9,10)70-25-41-82(42-26-70)105-56-86-60-109-86/h11-42,61-62,71-74,83-86,93-96H,43-60H2,1-10H3. The van der Waals surface area contributed by atoms with Crippen molar-refractivity contribution in [2.24, 2.45) is 0 Å². The molecule has 4 fully saturated rings. The summed E-state index contributed by atoms with van der Waals surface area (Å²) in [6.07, 6.45) is -3.11. The first-order valence-corrected chi connectivity index (χ1v) is 38.5. The molecular formula is C90H112N2O17. The Morgan fingerprint density at radius 1 is 0.275 bits per heavy atom. The number of benzene rings is 8. The van der Waals surface area contributed by atoms with E-state index in [1.54, 1.807) is 0 Å². The van der Waals surface area contributed by atoms with E-state index in [1.807, 2.05) is 121 Å². The van der Waals surface area contributed by atoms with E-state index in [-0.39, 0.29) is 124 Å². The van der Waals surface area contributed by atoms with Crippen LogP contribution in [-0.2, 0) is 45.3 Å². The molecule has 0 radical (unpaired) electrons. The Morgan fingerprint density at radius 3 is 0.587 bits per heavy atom. The molecule has 8 aromatic carbocycles. The lowest BCUT2D eigenvalue weighted by atomic mass is 9.78. The highest BCUT2D eigenvalue weighted by Crippen LogP contribution is 2.39. The summed E-state index contributed by atoms with van der Waals surface area (Å²) in [6, 6.07) is 64.0. The van der Waals surface area contributed by atoms with Gasteiger partial charge in [-0.1, -0.05) is 152 Å². The Hall–Kier alpha value is -8.28. The quantitative estimate of drug-likeness (QED) is 0.0261. The van der Waals surface area contributed by atoms with Crippen molar-refractivity contribution >= 4 is 0 Å². The maximum Gasteiger partial charge on any atom is 0.119 e. The highest BCUT2D eigenvalue weighted by molar-refractivity contribution is 5.46. The van der Waals surface area contributed by atoms with Gasteiger partial charge >= 0.3 is 0 Å². The van der Waals surface area contributed by atoms with E-state index in [2.05, 4.69) is 152 Å². The van der Waals surface area contributed by atoms with Crippen LogP contribution >= 0.6 is 0 Å². The number of ether oxygens (including phenoxy) is 13. The number of nitrogens with zero attached hydrogens (tertiary/aromatic N) is 2. The monoisotopic (exact) mass is 1490 g/mol. The highest BCUT2D eigenvalue weighted by Gasteiger charge is 2.32. The minimum atomic E-state index is -0.958. The third-order valence-corrected chi connectivity index (χ3v) is 21.5. The molecule has 4 saturated heterocycles. The van der Waals surface area contributed by atoms with Gasteiger partial charge < -0.3 is 82.0 Å². The Balaban J connectivity index is 0.682. The van der Waals surface area contributed by atoms with Crippen molar-refractivity contribution in [2.75, 3.05) is 119 Å². The molecule has 4 aliphatic rings. The van der Waals surface area contributed by atoms with E-state index in [4.69, 9.17) is 61.6 Å². The molecule has 0 bridgehead atoms. The van der Waals surface area contributed by atoms with Gasteiger partial charge in [0.25, 0.3) is 0 Å². The van der Waals surface area contributed by atoms with Gasteiger partial charge in [0.15, 0.2) is 0 Å². The van der Waals surface area contributed by atoms with Crippen LogP contribution in [0.15, 0.2) is 194 Å². The van der Waals surface area contributed by atoms with Crippen molar-refractivity contribution in [3.8, 4) is 46.0 Å². The fraction of sp³-hybridized carbons (Fsp3) is 0.467. The molecule has 8 aromatic rings. The number of aliphatic hydroxyl groups is 4. The number of hydrogen-bond acceptors (Lipinski definition) is 19. The summed E-state index contributed by atoms with van der Waals surface area (Å²) in [5, 5.41) is 47.2. The lowest BCUT2D eigenvalue weighted by molar-refractivity contribution is -0.0270. The second-order valence-electron chi connectivity index (χ2n) is 31.8. The van der Waals surface area contributed by atoms with Crippen LogP contribution in [0.4, 0.5) is 0 Å². The molecule has 10 atom stereocenters. The van der Waals surface area contributed by atoms with Crippen LogP contribution in [0.25, 0.3) is 0 Å². The third-order valence-electron chi connectivity index (χ3n) is 21.5. The van der Waals surface area contributed by atoms with Crippen LogP contribution in [0.2, 0.25) is 0 Å². The summed E-state index contributed by atoms with van der Waals surface area (Å²) in [7, 11) is 0. The van der Waals surface area contributed by atoms with Crippen molar-refractivity contribution in [2.45, 2.75) is 152 Å². The van der Waals surface area contributed by atoms with Gasteiger partial charge in [-0.05, 0) is 155 Å². The average Bonchev–Trinajstić information content (AvgIpc) is 1.67. The molecule has 109 heavy (non-hydrogen) atoms. The van der Waals surface area contributed by atoms with Gasteiger partial charge in [-0.2, -0.15) is 0 Å². The predicted molar refractivity (Wildman–Crippen MR) is 420 cm³/mol. The SMILES string of the molecule is CC(COCC(C)N(CC(O)COc1ccc(C(C)(C)c2ccc(OCC3CO3)cc2)cc1)CC(O)COc1ccc(C(C)(C)c2ccc(OCC3CO3)cc2)cc1)N(CC(O)COc1ccc(C(C)(C)c2ccc(OCC3CO3)cc2)cc1)CC(O)COc1ccc(C(C)(C)c2ccc(OCC3CO3)cc2)cc1. The Morgan fingerprint density at radius 2 is 0.431 bits per heavy atom. The number of epoxide rings is 4. The topological polar surface area (TPSA) is 221 Å². The van der Waals surface area contributed by atoms with E-state index < -0.39 is 24.4 Å². The Labute approximate surface area is 643 Å². The lowest BCUT2D eigenvalue weighted by Gasteiger charge is -2.34. The van der Waals surface area contributed by atoms with Crippen LogP contribution < -0.4 is 37.9 Å². The van der Waals surface area contributed by atoms with Gasteiger partial charge in [-0.3, -0.25) is 9.80 Å². The summed E-state index contributed by atoms with van der Waals surface area (Å²) in [5.41, 5.74) is 7.70. The molecule has 4 N–H and O–H groups in total. The van der Waals surface area contributed by atoms with Gasteiger partial charge in [-0.15, -0.1) is 0 Å². The first-order chi connectivity index (χ1) is 52.4. The van der Waals surface area contributed by atoms with E-state index in [1.165, 1.54) is 0 Å². The fourth-order valence-corrected chi connectivity index (χ4v) is 13.4. The van der Waals surface area contributed by atoms with Crippen molar-refractivity contribution in [1.82, 2.24) is 9.80 Å². The summed E-state index contributed by atoms with van der Waals surface area (Å²) in [4.78, 5) is 3.99. The molecule has 0 saturated carbocycles. The zero-order valence-corrected chi connectivity index (χ0v) is 65.0. The van der Waals surface area contributed by atoms with Crippen molar-refractivity contribution in [3.05, 3.63) is 239 Å². The minimum absolute atomic E-state index is 0.00789. The van der Waals surface area contributed by atoms with Crippen LogP contribution in [0.1, 0.15) is 114 Å². The van der Waals surface area contributed by atoms with Gasteiger partial charge in [0.1, 0.15) is 148 Å². The van der Waals surface area contributed by atoms with Gasteiger partial charge in [-0.25, -0.2) is 0 Å². The van der Waals surface area contributed by atoms with Gasteiger partial charge in [0.05, 0.1) is 39.6 Å². The minimum Gasteiger partial charge on any atom is -0.491 e. The Bertz CT molecular complexity index is 3530. The molecule has 12 rings (SSSR count). The molecule has 19 nitrogen and oxygen atoms in total. The summed E-state index contributed by atoms with van der Waals surface area (Å²) in [5.74, 6) is 5.69. The number of aliphatic hydroxyl groups excluding tert-OH is 4. The van der Waals surface area contributed by atoms with E-state index >= 15 is 0 Å². The van der Waals surface area contributed by atoms with Crippen LogP contribution in [0, 0.1) is 0 Å². The zero-order valence-electron chi connectivity index (χ0n) is 65.0. The molecule has 10 unspecified atom stereocenters. The van der Waals surface area contributed by atoms with Crippen LogP contribution in [-0.4, -0.2) is 210 Å². The molecule has 4 heterocycles. The maximum atomic E-state index is 11.8. The lowest BCUT2D eigenvalue weighted by Crippen LogP contribution is -2.49. The van der Waals surface area contributed by atoms with Gasteiger partial charge in [0.2, 0.25) is 0 Å². The molecule has 0 amide bonds. The largest absolute Gasteiger partial charge is 0.491 e. The smallest absolute Gasteiger partial charge is 0.119 e. The van der Waals surface area contributed by atoms with Gasteiger partial charge in [0, 0.05) is 59.9 Å². The first-order valence-electron chi connectivity index (χ1n) is 38.5. The normalized spacial score (nSPS) is 18.6. The molecular weight excluding hydrogens is 1380 g/mol.